The van der Waals surface area contributed by atoms with Crippen LogP contribution in [0.25, 0.3) is 0 Å². The Labute approximate surface area is 205 Å². The molecule has 3 nitrogen and oxygen atoms in total. The van der Waals surface area contributed by atoms with Crippen molar-refractivity contribution in [3.63, 3.8) is 0 Å². The molecule has 0 saturated heterocycles. The summed E-state index contributed by atoms with van der Waals surface area (Å²) in [4.78, 5) is 11.6. The molecule has 6 atom stereocenters. The molecule has 2 fully saturated rings. The van der Waals surface area contributed by atoms with Gasteiger partial charge in [0.2, 0.25) is 5.91 Å². The highest BCUT2D eigenvalue weighted by Crippen LogP contribution is 2.62. The number of carbonyl (C=O) groups excluding carboxylic acids is 1. The van der Waals surface area contributed by atoms with Gasteiger partial charge in [-0.1, -0.05) is 56.8 Å². The molecule has 0 bridgehead atoms. The lowest BCUT2D eigenvalue weighted by Crippen LogP contribution is -2.44. The molecule has 4 heteroatoms. The molecule has 5 rings (SSSR count). The number of amides is 1. The van der Waals surface area contributed by atoms with Gasteiger partial charge in [0.05, 0.1) is 6.10 Å². The van der Waals surface area contributed by atoms with E-state index in [1.54, 1.807) is 17.2 Å². The first kappa shape index (κ1) is 23.7. The Morgan fingerprint density at radius 1 is 1.18 bits per heavy atom. The average Bonchev–Trinajstić information content (AvgIpc) is 3.09. The number of fused-ring (bicyclic) bond motifs is 5. The molecule has 0 spiro atoms. The summed E-state index contributed by atoms with van der Waals surface area (Å²) in [6.07, 6.45) is 10.2. The summed E-state index contributed by atoms with van der Waals surface area (Å²) in [5, 5.41) is 11.5. The number of primary amides is 1. The summed E-state index contributed by atoms with van der Waals surface area (Å²) < 4.78 is 0. The largest absolute Gasteiger partial charge is 0.392 e. The molecule has 0 aromatic heterocycles. The predicted molar refractivity (Wildman–Crippen MR) is 141 cm³/mol. The van der Waals surface area contributed by atoms with Crippen LogP contribution in [0.5, 0.6) is 0 Å². The van der Waals surface area contributed by atoms with Crippen molar-refractivity contribution in [2.75, 3.05) is 0 Å². The molecule has 1 amide bonds. The van der Waals surface area contributed by atoms with Gasteiger partial charge in [0.1, 0.15) is 7.28 Å². The van der Waals surface area contributed by atoms with Gasteiger partial charge < -0.3 is 10.8 Å². The molecule has 0 radical (unpaired) electrons. The van der Waals surface area contributed by atoms with E-state index < -0.39 is 0 Å². The minimum Gasteiger partial charge on any atom is -0.392 e. The molecule has 2 aromatic carbocycles. The Bertz CT molecular complexity index is 1050. The van der Waals surface area contributed by atoms with Crippen molar-refractivity contribution in [2.24, 2.45) is 28.9 Å². The molecule has 3 aliphatic carbocycles. The number of carbonyl (C=O) groups is 1. The number of benzene rings is 2. The standard InChI is InChI=1S/C30H40BNO2/c1-30-13-12-25-24-10-8-19(6-4-14-31-2)15-21(24)9-11-26(25)27(30)18-23(28(30)33)17-20-5-3-7-22(16-20)29(32)34/h3,5,7-8,10,15-16,23,25-28,31,33H,4,6,9,11-14,17-18H2,1-2H3,(H2,32,34)/t23-,25+,26+,27-,28-,30-/m0/s1. The molecule has 3 aliphatic rings. The monoisotopic (exact) mass is 457 g/mol. The van der Waals surface area contributed by atoms with Gasteiger partial charge in [0.25, 0.3) is 0 Å². The summed E-state index contributed by atoms with van der Waals surface area (Å²) >= 11 is 0. The van der Waals surface area contributed by atoms with E-state index in [4.69, 9.17) is 5.73 Å². The minimum absolute atomic E-state index is 0.00469. The van der Waals surface area contributed by atoms with Crippen molar-refractivity contribution in [3.8, 4) is 0 Å². The molecular weight excluding hydrogens is 417 g/mol. The quantitative estimate of drug-likeness (QED) is 0.437. The summed E-state index contributed by atoms with van der Waals surface area (Å²) in [7, 11) is 1.28. The van der Waals surface area contributed by atoms with Crippen molar-refractivity contribution < 1.29 is 9.90 Å². The molecule has 0 heterocycles. The molecule has 180 valence electrons. The van der Waals surface area contributed by atoms with Gasteiger partial charge in [0.15, 0.2) is 0 Å². The third-order valence-electron chi connectivity index (χ3n) is 9.69. The minimum atomic E-state index is -0.383. The van der Waals surface area contributed by atoms with Gasteiger partial charge >= 0.3 is 0 Å². The van der Waals surface area contributed by atoms with Gasteiger partial charge in [-0.3, -0.25) is 4.79 Å². The highest BCUT2D eigenvalue weighted by atomic mass is 16.3. The summed E-state index contributed by atoms with van der Waals surface area (Å²) in [6.45, 7) is 4.62. The van der Waals surface area contributed by atoms with Crippen molar-refractivity contribution >= 4 is 13.2 Å². The van der Waals surface area contributed by atoms with E-state index in [9.17, 15) is 9.90 Å². The fraction of sp³-hybridized carbons (Fsp3) is 0.567. The maximum Gasteiger partial charge on any atom is 0.248 e. The third kappa shape index (κ3) is 4.23. The summed E-state index contributed by atoms with van der Waals surface area (Å²) in [6, 6.07) is 15.0. The highest BCUT2D eigenvalue weighted by molar-refractivity contribution is 6.33. The number of aliphatic hydroxyl groups excluding tert-OH is 1. The van der Waals surface area contributed by atoms with E-state index in [1.165, 1.54) is 51.3 Å². The number of nitrogens with two attached hydrogens (primary N) is 1. The third-order valence-corrected chi connectivity index (χ3v) is 9.69. The second-order valence-corrected chi connectivity index (χ2v) is 11.7. The van der Waals surface area contributed by atoms with E-state index in [0.29, 0.717) is 23.3 Å². The van der Waals surface area contributed by atoms with Crippen molar-refractivity contribution in [2.45, 2.75) is 83.5 Å². The average molecular weight is 457 g/mol. The van der Waals surface area contributed by atoms with Crippen LogP contribution in [0.4, 0.5) is 0 Å². The Morgan fingerprint density at radius 2 is 2.03 bits per heavy atom. The second kappa shape index (κ2) is 9.53. The molecular formula is C30H40BNO2. The maximum atomic E-state index is 11.6. The first-order valence-corrected chi connectivity index (χ1v) is 13.6. The fourth-order valence-corrected chi connectivity index (χ4v) is 7.87. The number of rotatable bonds is 7. The topological polar surface area (TPSA) is 63.3 Å². The van der Waals surface area contributed by atoms with Crippen LogP contribution in [0.1, 0.15) is 77.6 Å². The molecule has 3 N–H and O–H groups in total. The Morgan fingerprint density at radius 3 is 2.82 bits per heavy atom. The number of hydrogen-bond donors (Lipinski definition) is 2. The van der Waals surface area contributed by atoms with Crippen molar-refractivity contribution in [3.05, 3.63) is 70.3 Å². The maximum absolute atomic E-state index is 11.6. The van der Waals surface area contributed by atoms with Crippen LogP contribution in [-0.2, 0) is 19.3 Å². The SMILES string of the molecule is CBCCCc1ccc2c(c1)CC[C@@H]1[C@@H]2CC[C@]2(C)[C@@H](O)[C@@H](Cc3cccc(C(N)=O)c3)C[C@@H]12. The van der Waals surface area contributed by atoms with Crippen molar-refractivity contribution in [1.82, 2.24) is 0 Å². The summed E-state index contributed by atoms with van der Waals surface area (Å²) in [5.41, 5.74) is 11.9. The van der Waals surface area contributed by atoms with Crippen LogP contribution in [0.3, 0.4) is 0 Å². The van der Waals surface area contributed by atoms with E-state index in [0.717, 1.165) is 24.8 Å². The highest BCUT2D eigenvalue weighted by Gasteiger charge is 2.57. The number of aryl methyl sites for hydroxylation is 2. The Hall–Kier alpha value is -2.07. The normalized spacial score (nSPS) is 31.9. The van der Waals surface area contributed by atoms with E-state index in [1.807, 2.05) is 12.1 Å². The molecule has 0 aliphatic heterocycles. The van der Waals surface area contributed by atoms with Gasteiger partial charge in [0, 0.05) is 5.56 Å². The molecule has 34 heavy (non-hydrogen) atoms. The van der Waals surface area contributed by atoms with Crippen LogP contribution < -0.4 is 5.73 Å². The smallest absolute Gasteiger partial charge is 0.248 e. The zero-order valence-electron chi connectivity index (χ0n) is 20.9. The molecule has 2 saturated carbocycles. The van der Waals surface area contributed by atoms with E-state index in [-0.39, 0.29) is 23.3 Å². The van der Waals surface area contributed by atoms with E-state index >= 15 is 0 Å². The lowest BCUT2D eigenvalue weighted by Gasteiger charge is -2.50. The first-order valence-electron chi connectivity index (χ1n) is 13.6. The van der Waals surface area contributed by atoms with Crippen LogP contribution in [0.2, 0.25) is 13.1 Å². The lowest BCUT2D eigenvalue weighted by molar-refractivity contribution is -0.0325. The molecule has 0 unspecified atom stereocenters. The van der Waals surface area contributed by atoms with Gasteiger partial charge in [-0.25, -0.2) is 0 Å². The Kier molecular flexibility index (Phi) is 6.63. The lowest BCUT2D eigenvalue weighted by atomic mass is 9.55. The summed E-state index contributed by atoms with van der Waals surface area (Å²) in [5.74, 6) is 1.76. The zero-order chi connectivity index (χ0) is 23.9. The van der Waals surface area contributed by atoms with Gasteiger partial charge in [-0.15, -0.1) is 0 Å². The van der Waals surface area contributed by atoms with Crippen LogP contribution in [0, 0.1) is 23.2 Å². The first-order chi connectivity index (χ1) is 16.4. The number of aliphatic hydroxyl groups is 1. The predicted octanol–water partition coefficient (Wildman–Crippen LogP) is 5.31. The van der Waals surface area contributed by atoms with Gasteiger partial charge in [-0.2, -0.15) is 0 Å². The second-order valence-electron chi connectivity index (χ2n) is 11.7. The van der Waals surface area contributed by atoms with Gasteiger partial charge in [-0.05, 0) is 108 Å². The Balaban J connectivity index is 1.33. The van der Waals surface area contributed by atoms with Crippen LogP contribution in [-0.4, -0.2) is 24.4 Å². The van der Waals surface area contributed by atoms with Crippen LogP contribution >= 0.6 is 0 Å². The van der Waals surface area contributed by atoms with Crippen LogP contribution in [0.15, 0.2) is 42.5 Å². The molecule has 2 aromatic rings. The van der Waals surface area contributed by atoms with E-state index in [2.05, 4.69) is 38.0 Å². The fourth-order valence-electron chi connectivity index (χ4n) is 7.87. The zero-order valence-corrected chi connectivity index (χ0v) is 20.9. The van der Waals surface area contributed by atoms with Crippen molar-refractivity contribution in [1.29, 1.82) is 0 Å². The number of hydrogen-bond acceptors (Lipinski definition) is 2.